The minimum Gasteiger partial charge on any atom is -0.495 e. The molecule has 10 heteroatoms. The highest BCUT2D eigenvalue weighted by atomic mass is 35.5. The SMILES string of the molecule is COc1ccc(NS(=O)(=O)c2cc(-c3noc(C)n3)cs2)cc1Cl. The van der Waals surface area contributed by atoms with E-state index in [0.717, 1.165) is 11.3 Å². The first kappa shape index (κ1) is 16.7. The Kier molecular flexibility index (Phi) is 4.48. The molecule has 0 amide bonds. The molecule has 0 spiro atoms. The fraction of sp³-hybridized carbons (Fsp3) is 0.143. The van der Waals surface area contributed by atoms with Gasteiger partial charge in [0.15, 0.2) is 0 Å². The molecule has 0 atom stereocenters. The van der Waals surface area contributed by atoms with Crippen molar-refractivity contribution in [3.8, 4) is 17.1 Å². The summed E-state index contributed by atoms with van der Waals surface area (Å²) in [5.41, 5.74) is 0.913. The van der Waals surface area contributed by atoms with E-state index in [1.165, 1.54) is 19.2 Å². The van der Waals surface area contributed by atoms with Crippen molar-refractivity contribution in [1.29, 1.82) is 0 Å². The lowest BCUT2D eigenvalue weighted by atomic mass is 10.3. The zero-order valence-corrected chi connectivity index (χ0v) is 15.0. The molecule has 0 aliphatic carbocycles. The number of hydrogen-bond acceptors (Lipinski definition) is 7. The van der Waals surface area contributed by atoms with E-state index in [-0.39, 0.29) is 4.21 Å². The van der Waals surface area contributed by atoms with Crippen molar-refractivity contribution >= 4 is 38.6 Å². The summed E-state index contributed by atoms with van der Waals surface area (Å²) in [4.78, 5) is 4.07. The number of anilines is 1. The fourth-order valence-electron chi connectivity index (χ4n) is 1.93. The minimum atomic E-state index is -3.75. The maximum atomic E-state index is 12.5. The predicted molar refractivity (Wildman–Crippen MR) is 91.2 cm³/mol. The zero-order chi connectivity index (χ0) is 17.3. The van der Waals surface area contributed by atoms with Crippen LogP contribution in [0.2, 0.25) is 5.02 Å². The van der Waals surface area contributed by atoms with Crippen LogP contribution in [0, 0.1) is 6.92 Å². The number of nitrogens with zero attached hydrogens (tertiary/aromatic N) is 2. The Bertz CT molecular complexity index is 982. The molecule has 0 radical (unpaired) electrons. The Hall–Kier alpha value is -2.10. The number of sulfonamides is 1. The van der Waals surface area contributed by atoms with Crippen molar-refractivity contribution in [3.63, 3.8) is 0 Å². The molecule has 24 heavy (non-hydrogen) atoms. The second kappa shape index (κ2) is 6.42. The van der Waals surface area contributed by atoms with E-state index in [1.807, 2.05) is 0 Å². The summed E-state index contributed by atoms with van der Waals surface area (Å²) < 4.78 is 37.5. The first-order valence-electron chi connectivity index (χ1n) is 6.64. The fourth-order valence-corrected chi connectivity index (χ4v) is 4.39. The molecule has 2 aromatic heterocycles. The third-order valence-corrected chi connectivity index (χ3v) is 6.15. The summed E-state index contributed by atoms with van der Waals surface area (Å²) in [6, 6.07) is 6.12. The monoisotopic (exact) mass is 385 g/mol. The van der Waals surface area contributed by atoms with Gasteiger partial charge in [0, 0.05) is 17.9 Å². The topological polar surface area (TPSA) is 94.3 Å². The van der Waals surface area contributed by atoms with Crippen LogP contribution in [0.25, 0.3) is 11.4 Å². The Morgan fingerprint density at radius 3 is 2.75 bits per heavy atom. The van der Waals surface area contributed by atoms with Gasteiger partial charge >= 0.3 is 0 Å². The normalized spacial score (nSPS) is 11.5. The van der Waals surface area contributed by atoms with E-state index in [9.17, 15) is 8.42 Å². The van der Waals surface area contributed by atoms with Crippen LogP contribution in [-0.2, 0) is 10.0 Å². The summed E-state index contributed by atoms with van der Waals surface area (Å²) in [5, 5.41) is 5.73. The molecule has 2 heterocycles. The molecule has 3 aromatic rings. The van der Waals surface area contributed by atoms with Crippen LogP contribution in [0.5, 0.6) is 5.75 Å². The van der Waals surface area contributed by atoms with Gasteiger partial charge in [-0.05, 0) is 24.3 Å². The van der Waals surface area contributed by atoms with Crippen molar-refractivity contribution in [3.05, 3.63) is 40.6 Å². The molecule has 0 fully saturated rings. The zero-order valence-electron chi connectivity index (χ0n) is 12.6. The van der Waals surface area contributed by atoms with Crippen LogP contribution in [0.3, 0.4) is 0 Å². The summed E-state index contributed by atoms with van der Waals surface area (Å²) in [5.74, 6) is 1.22. The summed E-state index contributed by atoms with van der Waals surface area (Å²) in [7, 11) is -2.26. The number of ether oxygens (including phenoxy) is 1. The Morgan fingerprint density at radius 1 is 1.33 bits per heavy atom. The number of nitrogens with one attached hydrogen (secondary N) is 1. The van der Waals surface area contributed by atoms with Gasteiger partial charge in [-0.2, -0.15) is 4.98 Å². The Morgan fingerprint density at radius 2 is 2.12 bits per heavy atom. The second-order valence-corrected chi connectivity index (χ2v) is 7.97. The van der Waals surface area contributed by atoms with Crippen LogP contribution in [0.1, 0.15) is 5.89 Å². The molecule has 0 aliphatic rings. The molecule has 7 nitrogen and oxygen atoms in total. The lowest BCUT2D eigenvalue weighted by Gasteiger charge is -2.08. The standard InChI is InChI=1S/C14H12ClN3O4S2/c1-8-16-14(17-22-8)9-5-13(23-7-9)24(19,20)18-10-3-4-12(21-2)11(15)6-10/h3-7,18H,1-2H3. The average molecular weight is 386 g/mol. The molecule has 0 aliphatic heterocycles. The highest BCUT2D eigenvalue weighted by molar-refractivity contribution is 7.94. The number of halogens is 1. The van der Waals surface area contributed by atoms with Gasteiger partial charge in [-0.3, -0.25) is 4.72 Å². The first-order chi connectivity index (χ1) is 11.4. The molecular formula is C14H12ClN3O4S2. The third kappa shape index (κ3) is 3.37. The lowest BCUT2D eigenvalue weighted by molar-refractivity contribution is 0.394. The van der Waals surface area contributed by atoms with Gasteiger partial charge in [0.05, 0.1) is 17.8 Å². The number of aromatic nitrogens is 2. The van der Waals surface area contributed by atoms with Crippen molar-refractivity contribution in [2.75, 3.05) is 11.8 Å². The van der Waals surface area contributed by atoms with Crippen LogP contribution in [0.4, 0.5) is 5.69 Å². The summed E-state index contributed by atoms with van der Waals surface area (Å²) in [6.45, 7) is 1.66. The maximum Gasteiger partial charge on any atom is 0.271 e. The van der Waals surface area contributed by atoms with Gasteiger partial charge in [0.1, 0.15) is 9.96 Å². The van der Waals surface area contributed by atoms with Crippen LogP contribution in [0.15, 0.2) is 38.4 Å². The van der Waals surface area contributed by atoms with E-state index >= 15 is 0 Å². The van der Waals surface area contributed by atoms with E-state index in [4.69, 9.17) is 20.9 Å². The molecule has 1 N–H and O–H groups in total. The van der Waals surface area contributed by atoms with Gasteiger partial charge in [-0.15, -0.1) is 11.3 Å². The molecule has 126 valence electrons. The highest BCUT2D eigenvalue weighted by Gasteiger charge is 2.19. The van der Waals surface area contributed by atoms with E-state index in [0.29, 0.717) is 33.7 Å². The van der Waals surface area contributed by atoms with Gasteiger partial charge in [0.25, 0.3) is 10.0 Å². The van der Waals surface area contributed by atoms with Crippen molar-refractivity contribution in [2.45, 2.75) is 11.1 Å². The minimum absolute atomic E-state index is 0.131. The summed E-state index contributed by atoms with van der Waals surface area (Å²) in [6.07, 6.45) is 0. The lowest BCUT2D eigenvalue weighted by Crippen LogP contribution is -2.11. The van der Waals surface area contributed by atoms with Gasteiger partial charge in [-0.25, -0.2) is 8.42 Å². The molecule has 0 saturated heterocycles. The Labute approximate surface area is 147 Å². The number of hydrogen-bond donors (Lipinski definition) is 1. The van der Waals surface area contributed by atoms with Crippen LogP contribution in [-0.4, -0.2) is 25.7 Å². The summed E-state index contributed by atoms with van der Waals surface area (Å²) >= 11 is 7.07. The number of thiophene rings is 1. The quantitative estimate of drug-likeness (QED) is 0.721. The van der Waals surface area contributed by atoms with Gasteiger partial charge < -0.3 is 9.26 Å². The molecular weight excluding hydrogens is 374 g/mol. The first-order valence-corrected chi connectivity index (χ1v) is 9.39. The molecule has 0 saturated carbocycles. The van der Waals surface area contributed by atoms with Gasteiger partial charge in [-0.1, -0.05) is 16.8 Å². The van der Waals surface area contributed by atoms with Crippen molar-refractivity contribution in [2.24, 2.45) is 0 Å². The van der Waals surface area contributed by atoms with E-state index in [2.05, 4.69) is 14.9 Å². The van der Waals surface area contributed by atoms with E-state index < -0.39 is 10.0 Å². The van der Waals surface area contributed by atoms with Gasteiger partial charge in [0.2, 0.25) is 11.7 Å². The maximum absolute atomic E-state index is 12.5. The number of benzene rings is 1. The molecule has 0 bridgehead atoms. The van der Waals surface area contributed by atoms with Crippen molar-refractivity contribution < 1.29 is 17.7 Å². The average Bonchev–Trinajstić information content (AvgIpc) is 3.16. The van der Waals surface area contributed by atoms with Crippen molar-refractivity contribution in [1.82, 2.24) is 10.1 Å². The Balaban J connectivity index is 1.86. The van der Waals surface area contributed by atoms with E-state index in [1.54, 1.807) is 24.4 Å². The molecule has 0 unspecified atom stereocenters. The third-order valence-electron chi connectivity index (χ3n) is 3.03. The highest BCUT2D eigenvalue weighted by Crippen LogP contribution is 2.31. The largest absolute Gasteiger partial charge is 0.495 e. The predicted octanol–water partition coefficient (Wildman–Crippen LogP) is 3.57. The molecule has 3 rings (SSSR count). The number of methoxy groups -OCH3 is 1. The number of rotatable bonds is 5. The number of aryl methyl sites for hydroxylation is 1. The smallest absolute Gasteiger partial charge is 0.271 e. The van der Waals surface area contributed by atoms with Crippen LogP contribution < -0.4 is 9.46 Å². The van der Waals surface area contributed by atoms with Crippen LogP contribution >= 0.6 is 22.9 Å². The second-order valence-electron chi connectivity index (χ2n) is 4.75. The molecule has 1 aromatic carbocycles.